The molecule has 4 rings (SSSR count). The third-order valence-corrected chi connectivity index (χ3v) is 5.30. The Bertz CT molecular complexity index is 1130. The first-order valence-electron chi connectivity index (χ1n) is 9.72. The number of anilines is 2. The van der Waals surface area contributed by atoms with Gasteiger partial charge in [-0.25, -0.2) is 4.98 Å². The summed E-state index contributed by atoms with van der Waals surface area (Å²) in [5.41, 5.74) is 4.54. The normalized spacial score (nSPS) is 13.4. The maximum absolute atomic E-state index is 13.1. The monoisotopic (exact) mass is 386 g/mol. The summed E-state index contributed by atoms with van der Waals surface area (Å²) in [6.07, 6.45) is 2.50. The average molecular weight is 386 g/mol. The number of nitrogens with one attached hydrogen (secondary N) is 1. The van der Waals surface area contributed by atoms with Crippen LogP contribution >= 0.6 is 0 Å². The number of fused-ring (bicyclic) bond motifs is 1. The van der Waals surface area contributed by atoms with Crippen LogP contribution in [0.25, 0.3) is 10.9 Å². The minimum Gasteiger partial charge on any atom is -0.493 e. The van der Waals surface area contributed by atoms with E-state index < -0.39 is 0 Å². The van der Waals surface area contributed by atoms with Gasteiger partial charge in [0.05, 0.1) is 23.6 Å². The van der Waals surface area contributed by atoms with Gasteiger partial charge in [0.25, 0.3) is 5.91 Å². The van der Waals surface area contributed by atoms with Crippen molar-refractivity contribution in [3.8, 4) is 11.9 Å². The van der Waals surface area contributed by atoms with Crippen molar-refractivity contribution in [1.82, 2.24) is 4.98 Å². The Labute approximate surface area is 169 Å². The second-order valence-electron chi connectivity index (χ2n) is 7.36. The van der Waals surface area contributed by atoms with Crippen molar-refractivity contribution in [2.24, 2.45) is 0 Å². The van der Waals surface area contributed by atoms with Crippen LogP contribution in [0, 0.1) is 18.3 Å². The highest BCUT2D eigenvalue weighted by Crippen LogP contribution is 2.28. The third kappa shape index (κ3) is 3.85. The summed E-state index contributed by atoms with van der Waals surface area (Å²) in [5, 5.41) is 22.6. The van der Waals surface area contributed by atoms with Gasteiger partial charge in [0.15, 0.2) is 0 Å². The Hall–Kier alpha value is -3.59. The number of nitrogens with zero attached hydrogens (tertiary/aromatic N) is 3. The molecule has 0 saturated carbocycles. The third-order valence-electron chi connectivity index (χ3n) is 5.30. The summed E-state index contributed by atoms with van der Waals surface area (Å²) in [6.45, 7) is 3.76. The molecule has 29 heavy (non-hydrogen) atoms. The van der Waals surface area contributed by atoms with Crippen LogP contribution in [0.5, 0.6) is 5.88 Å². The maximum Gasteiger partial charge on any atom is 0.257 e. The highest BCUT2D eigenvalue weighted by molar-refractivity contribution is 6.09. The van der Waals surface area contributed by atoms with Crippen LogP contribution in [0.3, 0.4) is 0 Å². The van der Waals surface area contributed by atoms with Crippen molar-refractivity contribution in [3.63, 3.8) is 0 Å². The van der Waals surface area contributed by atoms with Gasteiger partial charge < -0.3 is 15.3 Å². The van der Waals surface area contributed by atoms with Crippen LogP contribution in [-0.2, 0) is 6.42 Å². The molecule has 1 saturated heterocycles. The zero-order chi connectivity index (χ0) is 20.4. The highest BCUT2D eigenvalue weighted by atomic mass is 16.3. The standard InChI is InChI=1S/C23H22N4O2/c1-15-12-22(28)26-20-6-5-17(14-18(15)20)25-23(29)19-13-16(8-9-24)4-7-21(19)27-10-2-3-11-27/h4-7,12-14H,2-3,8,10-11H2,1H3,(H,25,29)(H,26,28). The van der Waals surface area contributed by atoms with Gasteiger partial charge in [0.2, 0.25) is 5.88 Å². The molecule has 1 aromatic heterocycles. The van der Waals surface area contributed by atoms with Crippen LogP contribution in [0.4, 0.5) is 11.4 Å². The molecule has 1 aliphatic rings. The SMILES string of the molecule is Cc1cc(O)nc2ccc(NC(=O)c3cc(CC#N)ccc3N3CCCC3)cc12. The molecule has 0 spiro atoms. The molecule has 1 aliphatic heterocycles. The molecule has 146 valence electrons. The van der Waals surface area contributed by atoms with Crippen molar-refractivity contribution in [3.05, 3.63) is 59.2 Å². The smallest absolute Gasteiger partial charge is 0.257 e. The average Bonchev–Trinajstić information content (AvgIpc) is 3.23. The number of aromatic nitrogens is 1. The van der Waals surface area contributed by atoms with Gasteiger partial charge in [-0.05, 0) is 61.2 Å². The zero-order valence-corrected chi connectivity index (χ0v) is 16.3. The lowest BCUT2D eigenvalue weighted by Gasteiger charge is -2.21. The van der Waals surface area contributed by atoms with Gasteiger partial charge >= 0.3 is 0 Å². The molecule has 2 heterocycles. The van der Waals surface area contributed by atoms with Crippen LogP contribution < -0.4 is 10.2 Å². The number of aryl methyl sites for hydroxylation is 1. The van der Waals surface area contributed by atoms with Crippen molar-refractivity contribution >= 4 is 28.2 Å². The Morgan fingerprint density at radius 3 is 2.76 bits per heavy atom. The second kappa shape index (κ2) is 7.80. The number of hydrogen-bond acceptors (Lipinski definition) is 5. The topological polar surface area (TPSA) is 89.2 Å². The van der Waals surface area contributed by atoms with E-state index in [1.54, 1.807) is 18.2 Å². The fourth-order valence-corrected chi connectivity index (χ4v) is 3.85. The molecule has 0 radical (unpaired) electrons. The number of amides is 1. The molecule has 2 aromatic carbocycles. The number of hydrogen-bond donors (Lipinski definition) is 2. The van der Waals surface area contributed by atoms with Gasteiger partial charge in [0, 0.05) is 35.9 Å². The molecule has 0 unspecified atom stereocenters. The van der Waals surface area contributed by atoms with E-state index in [2.05, 4.69) is 21.3 Å². The Morgan fingerprint density at radius 2 is 2.00 bits per heavy atom. The number of nitriles is 1. The van der Waals surface area contributed by atoms with Crippen molar-refractivity contribution in [2.75, 3.05) is 23.3 Å². The number of aromatic hydroxyl groups is 1. The number of rotatable bonds is 4. The maximum atomic E-state index is 13.1. The number of pyridine rings is 1. The van der Waals surface area contributed by atoms with Crippen LogP contribution in [0.1, 0.15) is 34.3 Å². The minimum absolute atomic E-state index is 0.0173. The van der Waals surface area contributed by atoms with E-state index >= 15 is 0 Å². The number of benzene rings is 2. The zero-order valence-electron chi connectivity index (χ0n) is 16.3. The molecule has 6 nitrogen and oxygen atoms in total. The molecule has 6 heteroatoms. The van der Waals surface area contributed by atoms with E-state index in [-0.39, 0.29) is 18.2 Å². The van der Waals surface area contributed by atoms with E-state index in [9.17, 15) is 9.90 Å². The first-order valence-corrected chi connectivity index (χ1v) is 9.72. The van der Waals surface area contributed by atoms with Gasteiger partial charge in [-0.3, -0.25) is 4.79 Å². The van der Waals surface area contributed by atoms with Gasteiger partial charge in [-0.15, -0.1) is 0 Å². The van der Waals surface area contributed by atoms with Crippen LogP contribution in [0.15, 0.2) is 42.5 Å². The highest BCUT2D eigenvalue weighted by Gasteiger charge is 2.20. The fraction of sp³-hybridized carbons (Fsp3) is 0.261. The van der Waals surface area contributed by atoms with E-state index in [0.29, 0.717) is 16.8 Å². The van der Waals surface area contributed by atoms with E-state index in [1.165, 1.54) is 0 Å². The Balaban J connectivity index is 1.68. The van der Waals surface area contributed by atoms with E-state index in [4.69, 9.17) is 5.26 Å². The molecule has 2 N–H and O–H groups in total. The molecule has 0 atom stereocenters. The van der Waals surface area contributed by atoms with Crippen molar-refractivity contribution < 1.29 is 9.90 Å². The molecule has 1 amide bonds. The van der Waals surface area contributed by atoms with Crippen molar-refractivity contribution in [2.45, 2.75) is 26.2 Å². The van der Waals surface area contributed by atoms with Crippen LogP contribution in [-0.4, -0.2) is 29.1 Å². The fourth-order valence-electron chi connectivity index (χ4n) is 3.85. The van der Waals surface area contributed by atoms with Gasteiger partial charge in [-0.1, -0.05) is 6.07 Å². The summed E-state index contributed by atoms with van der Waals surface area (Å²) in [6, 6.07) is 14.9. The largest absolute Gasteiger partial charge is 0.493 e. The second-order valence-corrected chi connectivity index (χ2v) is 7.36. The first-order chi connectivity index (χ1) is 14.0. The van der Waals surface area contributed by atoms with Gasteiger partial charge in [0.1, 0.15) is 0 Å². The summed E-state index contributed by atoms with van der Waals surface area (Å²) in [4.78, 5) is 19.5. The molecule has 1 fully saturated rings. The Kier molecular flexibility index (Phi) is 5.05. The van der Waals surface area contributed by atoms with Crippen molar-refractivity contribution in [1.29, 1.82) is 5.26 Å². The summed E-state index contributed by atoms with van der Waals surface area (Å²) >= 11 is 0. The minimum atomic E-state index is -0.199. The molecule has 0 bridgehead atoms. The summed E-state index contributed by atoms with van der Waals surface area (Å²) in [5.74, 6) is -0.216. The molecular weight excluding hydrogens is 364 g/mol. The quantitative estimate of drug-likeness (QED) is 0.702. The number of carbonyl (C=O) groups is 1. The molecule has 0 aliphatic carbocycles. The summed E-state index contributed by atoms with van der Waals surface area (Å²) < 4.78 is 0. The van der Waals surface area contributed by atoms with E-state index in [0.717, 1.165) is 48.1 Å². The lowest BCUT2D eigenvalue weighted by Crippen LogP contribution is -2.23. The van der Waals surface area contributed by atoms with Crippen LogP contribution in [0.2, 0.25) is 0 Å². The predicted molar refractivity (Wildman–Crippen MR) is 113 cm³/mol. The first kappa shape index (κ1) is 18.8. The lowest BCUT2D eigenvalue weighted by molar-refractivity contribution is 0.102. The Morgan fingerprint density at radius 1 is 1.21 bits per heavy atom. The van der Waals surface area contributed by atoms with E-state index in [1.807, 2.05) is 31.2 Å². The number of carbonyl (C=O) groups excluding carboxylic acids is 1. The molecule has 3 aromatic rings. The summed E-state index contributed by atoms with van der Waals surface area (Å²) in [7, 11) is 0. The molecular formula is C23H22N4O2. The van der Waals surface area contributed by atoms with Gasteiger partial charge in [-0.2, -0.15) is 5.26 Å². The predicted octanol–water partition coefficient (Wildman–Crippen LogP) is 4.17. The lowest BCUT2D eigenvalue weighted by atomic mass is 10.0.